The number of aryl methyl sites for hydroxylation is 1. The molecule has 0 unspecified atom stereocenters. The average Bonchev–Trinajstić information content (AvgIpc) is 3.22. The first-order valence-electron chi connectivity index (χ1n) is 9.77. The van der Waals surface area contributed by atoms with E-state index in [1.54, 1.807) is 0 Å². The number of piperazine rings is 1. The molecule has 4 rings (SSSR count). The van der Waals surface area contributed by atoms with Crippen molar-refractivity contribution in [2.75, 3.05) is 44.5 Å². The van der Waals surface area contributed by atoms with Crippen molar-refractivity contribution in [3.05, 3.63) is 53.6 Å². The van der Waals surface area contributed by atoms with Gasteiger partial charge in [-0.2, -0.15) is 0 Å². The molecule has 2 heterocycles. The summed E-state index contributed by atoms with van der Waals surface area (Å²) >= 11 is 0. The quantitative estimate of drug-likeness (QED) is 0.575. The van der Waals surface area contributed by atoms with E-state index in [0.29, 0.717) is 24.6 Å². The van der Waals surface area contributed by atoms with Gasteiger partial charge in [0.2, 0.25) is 6.79 Å². The Morgan fingerprint density at radius 1 is 1.07 bits per heavy atom. The minimum absolute atomic E-state index is 0.0447. The number of hydrogen-bond donors (Lipinski definition) is 0. The summed E-state index contributed by atoms with van der Waals surface area (Å²) in [6, 6.07) is 13.9. The van der Waals surface area contributed by atoms with Crippen LogP contribution in [0.1, 0.15) is 18.1 Å². The zero-order valence-electron chi connectivity index (χ0n) is 16.8. The Hall–Kier alpha value is -3.22. The van der Waals surface area contributed by atoms with Crippen LogP contribution in [0.4, 0.5) is 5.69 Å². The molecular weight excluding hydrogens is 370 g/mol. The highest BCUT2D eigenvalue weighted by atomic mass is 16.7. The molecule has 0 aromatic heterocycles. The number of carbonyl (C=O) groups is 1. The van der Waals surface area contributed by atoms with E-state index in [1.165, 1.54) is 11.3 Å². The molecule has 1 fully saturated rings. The Morgan fingerprint density at radius 2 is 1.83 bits per heavy atom. The van der Waals surface area contributed by atoms with Gasteiger partial charge in [0, 0.05) is 37.4 Å². The number of nitrogens with zero attached hydrogens (tertiary/aromatic N) is 3. The molecule has 2 aromatic carbocycles. The second-order valence-corrected chi connectivity index (χ2v) is 7.17. The number of amides is 1. The van der Waals surface area contributed by atoms with Crippen LogP contribution in [0.3, 0.4) is 0 Å². The van der Waals surface area contributed by atoms with E-state index >= 15 is 0 Å². The molecule has 7 heteroatoms. The van der Waals surface area contributed by atoms with Crippen LogP contribution in [0.15, 0.2) is 47.6 Å². The summed E-state index contributed by atoms with van der Waals surface area (Å²) in [5.41, 5.74) is 4.04. The van der Waals surface area contributed by atoms with Crippen molar-refractivity contribution < 1.29 is 19.1 Å². The third-order valence-electron chi connectivity index (χ3n) is 5.27. The average molecular weight is 395 g/mol. The van der Waals surface area contributed by atoms with Crippen LogP contribution in [-0.2, 0) is 9.63 Å². The summed E-state index contributed by atoms with van der Waals surface area (Å²) < 4.78 is 10.7. The number of carbonyl (C=O) groups excluding carboxylic acids is 1. The van der Waals surface area contributed by atoms with Crippen LogP contribution in [0.5, 0.6) is 11.5 Å². The van der Waals surface area contributed by atoms with Crippen LogP contribution in [-0.4, -0.2) is 56.1 Å². The van der Waals surface area contributed by atoms with Gasteiger partial charge in [0.25, 0.3) is 5.91 Å². The maximum Gasteiger partial charge on any atom is 0.263 e. The van der Waals surface area contributed by atoms with Crippen molar-refractivity contribution in [1.29, 1.82) is 0 Å². The lowest BCUT2D eigenvalue weighted by molar-refractivity contribution is -0.136. The monoisotopic (exact) mass is 395 g/mol. The van der Waals surface area contributed by atoms with Gasteiger partial charge in [0.15, 0.2) is 18.1 Å². The van der Waals surface area contributed by atoms with Crippen LogP contribution < -0.4 is 14.4 Å². The van der Waals surface area contributed by atoms with Gasteiger partial charge in [-0.3, -0.25) is 4.79 Å². The number of rotatable bonds is 5. The van der Waals surface area contributed by atoms with E-state index in [-0.39, 0.29) is 19.3 Å². The Kier molecular flexibility index (Phi) is 5.55. The number of oxime groups is 1. The van der Waals surface area contributed by atoms with Gasteiger partial charge >= 0.3 is 0 Å². The van der Waals surface area contributed by atoms with Crippen molar-refractivity contribution in [3.63, 3.8) is 0 Å². The number of ether oxygens (including phenoxy) is 2. The lowest BCUT2D eigenvalue weighted by atomic mass is 10.1. The molecule has 29 heavy (non-hydrogen) atoms. The van der Waals surface area contributed by atoms with Crippen molar-refractivity contribution in [2.24, 2.45) is 5.16 Å². The Balaban J connectivity index is 1.27. The van der Waals surface area contributed by atoms with Gasteiger partial charge in [0.05, 0.1) is 5.71 Å². The van der Waals surface area contributed by atoms with E-state index in [9.17, 15) is 4.79 Å². The first-order chi connectivity index (χ1) is 14.1. The summed E-state index contributed by atoms with van der Waals surface area (Å²) in [6.07, 6.45) is 0. The van der Waals surface area contributed by atoms with Crippen molar-refractivity contribution >= 4 is 17.3 Å². The molecule has 0 N–H and O–H groups in total. The fourth-order valence-electron chi connectivity index (χ4n) is 3.56. The molecule has 2 aromatic rings. The van der Waals surface area contributed by atoms with Gasteiger partial charge in [0.1, 0.15) is 0 Å². The van der Waals surface area contributed by atoms with Crippen LogP contribution >= 0.6 is 0 Å². The van der Waals surface area contributed by atoms with Gasteiger partial charge in [-0.15, -0.1) is 0 Å². The zero-order valence-corrected chi connectivity index (χ0v) is 16.8. The predicted molar refractivity (Wildman–Crippen MR) is 111 cm³/mol. The molecule has 7 nitrogen and oxygen atoms in total. The second-order valence-electron chi connectivity index (χ2n) is 7.17. The van der Waals surface area contributed by atoms with E-state index < -0.39 is 0 Å². The molecule has 2 aliphatic rings. The predicted octanol–water partition coefficient (Wildman–Crippen LogP) is 2.81. The third-order valence-corrected chi connectivity index (χ3v) is 5.27. The van der Waals surface area contributed by atoms with Crippen LogP contribution in [0.25, 0.3) is 0 Å². The molecule has 0 spiro atoms. The molecule has 1 amide bonds. The zero-order chi connectivity index (χ0) is 20.2. The van der Waals surface area contributed by atoms with E-state index in [0.717, 1.165) is 24.4 Å². The topological polar surface area (TPSA) is 63.6 Å². The number of fused-ring (bicyclic) bond motifs is 1. The molecule has 1 saturated heterocycles. The SMILES string of the molecule is C/C(=N/OCC(=O)N1CCN(c2ccccc2C)CC1)c1ccc2c(c1)OCO2. The summed E-state index contributed by atoms with van der Waals surface area (Å²) in [7, 11) is 0. The van der Waals surface area contributed by atoms with Crippen LogP contribution in [0.2, 0.25) is 0 Å². The van der Waals surface area contributed by atoms with Gasteiger partial charge in [-0.25, -0.2) is 0 Å². The summed E-state index contributed by atoms with van der Waals surface area (Å²) in [6.45, 7) is 7.11. The normalized spacial score (nSPS) is 16.1. The Bertz CT molecular complexity index is 920. The minimum atomic E-state index is -0.0632. The van der Waals surface area contributed by atoms with Crippen molar-refractivity contribution in [3.8, 4) is 11.5 Å². The first-order valence-corrected chi connectivity index (χ1v) is 9.77. The summed E-state index contributed by atoms with van der Waals surface area (Å²) in [4.78, 5) is 21.9. The maximum atomic E-state index is 12.5. The minimum Gasteiger partial charge on any atom is -0.454 e. The van der Waals surface area contributed by atoms with E-state index in [4.69, 9.17) is 14.3 Å². The first kappa shape index (κ1) is 19.1. The van der Waals surface area contributed by atoms with Crippen LogP contribution in [0, 0.1) is 6.92 Å². The third kappa shape index (κ3) is 4.29. The molecule has 0 atom stereocenters. The smallest absolute Gasteiger partial charge is 0.263 e. The largest absolute Gasteiger partial charge is 0.454 e. The molecule has 152 valence electrons. The van der Waals surface area contributed by atoms with E-state index in [2.05, 4.69) is 29.1 Å². The molecule has 0 radical (unpaired) electrons. The molecule has 0 bridgehead atoms. The van der Waals surface area contributed by atoms with Crippen molar-refractivity contribution in [1.82, 2.24) is 4.90 Å². The van der Waals surface area contributed by atoms with Crippen molar-refractivity contribution in [2.45, 2.75) is 13.8 Å². The van der Waals surface area contributed by atoms with Gasteiger partial charge in [-0.05, 0) is 43.7 Å². The van der Waals surface area contributed by atoms with Gasteiger partial charge in [-0.1, -0.05) is 23.4 Å². The molecule has 0 aliphatic carbocycles. The maximum absolute atomic E-state index is 12.5. The number of para-hydroxylation sites is 1. The Labute approximate surface area is 170 Å². The van der Waals surface area contributed by atoms with Gasteiger partial charge < -0.3 is 24.1 Å². The number of hydrogen-bond acceptors (Lipinski definition) is 6. The standard InChI is InChI=1S/C22H25N3O4/c1-16-5-3-4-6-19(16)24-9-11-25(12-10-24)22(26)14-29-23-17(2)18-7-8-20-21(13-18)28-15-27-20/h3-8,13H,9-12,14-15H2,1-2H3/b23-17-. The summed E-state index contributed by atoms with van der Waals surface area (Å²) in [5.74, 6) is 1.37. The highest BCUT2D eigenvalue weighted by Gasteiger charge is 2.22. The lowest BCUT2D eigenvalue weighted by Crippen LogP contribution is -2.49. The number of anilines is 1. The highest BCUT2D eigenvalue weighted by Crippen LogP contribution is 2.32. The lowest BCUT2D eigenvalue weighted by Gasteiger charge is -2.36. The Morgan fingerprint density at radius 3 is 2.62 bits per heavy atom. The second kappa shape index (κ2) is 8.43. The van der Waals surface area contributed by atoms with E-state index in [1.807, 2.05) is 42.2 Å². The molecule has 2 aliphatic heterocycles. The molecule has 0 saturated carbocycles. The fraction of sp³-hybridized carbons (Fsp3) is 0.364. The highest BCUT2D eigenvalue weighted by molar-refractivity contribution is 5.99. The number of benzene rings is 2. The molecular formula is C22H25N3O4. The summed E-state index contributed by atoms with van der Waals surface area (Å²) in [5, 5.41) is 4.09. The fourth-order valence-corrected chi connectivity index (χ4v) is 3.56.